The summed E-state index contributed by atoms with van der Waals surface area (Å²) in [6, 6.07) is 0. The molecule has 7 nitrogen and oxygen atoms in total. The maximum atomic E-state index is 11.1. The third-order valence-corrected chi connectivity index (χ3v) is 1.68. The first-order chi connectivity index (χ1) is 6.45. The Morgan fingerprint density at radius 2 is 2.07 bits per heavy atom. The second-order valence-corrected chi connectivity index (χ2v) is 2.77. The molecular weight excluding hydrogens is 186 g/mol. The standard InChI is InChI=1S/C7H11N5O2/c1-4(13)6-7(10-3-11(6)8)12(9)5(2)14/h3H,8-9H2,1-2H3. The Bertz CT molecular complexity index is 383. The van der Waals surface area contributed by atoms with Gasteiger partial charge in [-0.15, -0.1) is 0 Å². The van der Waals surface area contributed by atoms with Crippen LogP contribution in [0.25, 0.3) is 0 Å². The highest BCUT2D eigenvalue weighted by Gasteiger charge is 2.20. The molecule has 0 unspecified atom stereocenters. The van der Waals surface area contributed by atoms with Crippen molar-refractivity contribution in [1.82, 2.24) is 9.66 Å². The predicted octanol–water partition coefficient (Wildman–Crippen LogP) is -0.974. The van der Waals surface area contributed by atoms with Gasteiger partial charge in [-0.3, -0.25) is 9.59 Å². The summed E-state index contributed by atoms with van der Waals surface area (Å²) in [7, 11) is 0. The van der Waals surface area contributed by atoms with Gasteiger partial charge in [-0.05, 0) is 0 Å². The molecule has 0 spiro atoms. The van der Waals surface area contributed by atoms with Crippen LogP contribution < -0.4 is 16.7 Å². The minimum absolute atomic E-state index is 0.0625. The van der Waals surface area contributed by atoms with Crippen molar-refractivity contribution in [3.05, 3.63) is 12.0 Å². The van der Waals surface area contributed by atoms with Crippen LogP contribution in [0.15, 0.2) is 6.33 Å². The number of nitrogens with zero attached hydrogens (tertiary/aromatic N) is 3. The number of hydrazine groups is 1. The van der Waals surface area contributed by atoms with E-state index in [-0.39, 0.29) is 17.3 Å². The van der Waals surface area contributed by atoms with Crippen molar-refractivity contribution in [1.29, 1.82) is 0 Å². The number of carbonyl (C=O) groups excluding carboxylic acids is 2. The highest BCUT2D eigenvalue weighted by molar-refractivity contribution is 6.01. The van der Waals surface area contributed by atoms with Crippen molar-refractivity contribution in [2.24, 2.45) is 5.84 Å². The number of carbonyl (C=O) groups is 2. The van der Waals surface area contributed by atoms with Crippen molar-refractivity contribution in [2.45, 2.75) is 13.8 Å². The van der Waals surface area contributed by atoms with Crippen molar-refractivity contribution in [3.8, 4) is 0 Å². The summed E-state index contributed by atoms with van der Waals surface area (Å²) in [4.78, 5) is 25.8. The summed E-state index contributed by atoms with van der Waals surface area (Å²) in [5, 5.41) is 0.778. The lowest BCUT2D eigenvalue weighted by Crippen LogP contribution is -2.37. The van der Waals surface area contributed by atoms with Gasteiger partial charge in [-0.1, -0.05) is 0 Å². The lowest BCUT2D eigenvalue weighted by Gasteiger charge is -2.12. The molecule has 76 valence electrons. The molecule has 0 aliphatic rings. The summed E-state index contributed by atoms with van der Waals surface area (Å²) in [6.45, 7) is 2.58. The molecule has 0 bridgehead atoms. The normalized spacial score (nSPS) is 9.93. The first-order valence-corrected chi connectivity index (χ1v) is 3.84. The Labute approximate surface area is 80.2 Å². The molecule has 7 heteroatoms. The molecule has 1 heterocycles. The molecule has 0 saturated heterocycles. The van der Waals surface area contributed by atoms with Gasteiger partial charge in [0.25, 0.3) is 0 Å². The molecule has 0 aliphatic carbocycles. The zero-order valence-electron chi connectivity index (χ0n) is 7.89. The highest BCUT2D eigenvalue weighted by atomic mass is 16.2. The largest absolute Gasteiger partial charge is 0.337 e. The Morgan fingerprint density at radius 1 is 1.50 bits per heavy atom. The first kappa shape index (κ1) is 10.2. The van der Waals surface area contributed by atoms with E-state index in [4.69, 9.17) is 11.7 Å². The number of nitrogen functional groups attached to an aromatic ring is 1. The van der Waals surface area contributed by atoms with Crippen molar-refractivity contribution >= 4 is 17.5 Å². The van der Waals surface area contributed by atoms with Gasteiger partial charge in [0, 0.05) is 13.8 Å². The van der Waals surface area contributed by atoms with Crippen molar-refractivity contribution < 1.29 is 9.59 Å². The molecule has 1 aromatic heterocycles. The maximum absolute atomic E-state index is 11.1. The lowest BCUT2D eigenvalue weighted by molar-refractivity contribution is -0.116. The van der Waals surface area contributed by atoms with Gasteiger partial charge in [-0.25, -0.2) is 20.5 Å². The number of amides is 1. The van der Waals surface area contributed by atoms with Crippen LogP contribution in [0.2, 0.25) is 0 Å². The van der Waals surface area contributed by atoms with E-state index in [2.05, 4.69) is 4.98 Å². The second-order valence-electron chi connectivity index (χ2n) is 2.77. The number of aromatic nitrogens is 2. The summed E-state index contributed by atoms with van der Waals surface area (Å²) < 4.78 is 1.03. The molecule has 1 amide bonds. The molecule has 0 atom stereocenters. The number of Topliss-reactive ketones (excluding diaryl/α,β-unsaturated/α-hetero) is 1. The van der Waals surface area contributed by atoms with Crippen LogP contribution in [0.1, 0.15) is 24.3 Å². The van der Waals surface area contributed by atoms with E-state index in [1.54, 1.807) is 0 Å². The monoisotopic (exact) mass is 197 g/mol. The van der Waals surface area contributed by atoms with Crippen LogP contribution in [-0.4, -0.2) is 21.4 Å². The van der Waals surface area contributed by atoms with E-state index < -0.39 is 5.91 Å². The quantitative estimate of drug-likeness (QED) is 0.274. The Morgan fingerprint density at radius 3 is 2.50 bits per heavy atom. The number of ketones is 1. The number of nitrogens with two attached hydrogens (primary N) is 2. The number of hydrogen-bond donors (Lipinski definition) is 2. The molecule has 4 N–H and O–H groups in total. The molecule has 0 aliphatic heterocycles. The highest BCUT2D eigenvalue weighted by Crippen LogP contribution is 2.14. The fraction of sp³-hybridized carbons (Fsp3) is 0.286. The third-order valence-electron chi connectivity index (χ3n) is 1.68. The van der Waals surface area contributed by atoms with Gasteiger partial charge < -0.3 is 5.84 Å². The Kier molecular flexibility index (Phi) is 2.52. The molecule has 0 saturated carbocycles. The Hall–Kier alpha value is -1.89. The van der Waals surface area contributed by atoms with Crippen LogP contribution in [0.5, 0.6) is 0 Å². The molecule has 0 aromatic carbocycles. The van der Waals surface area contributed by atoms with Crippen molar-refractivity contribution in [3.63, 3.8) is 0 Å². The third kappa shape index (κ3) is 1.57. The minimum atomic E-state index is -0.425. The summed E-state index contributed by atoms with van der Waals surface area (Å²) >= 11 is 0. The van der Waals surface area contributed by atoms with Crippen LogP contribution in [-0.2, 0) is 4.79 Å². The molecule has 1 aromatic rings. The van der Waals surface area contributed by atoms with E-state index in [1.807, 2.05) is 0 Å². The number of rotatable bonds is 2. The minimum Gasteiger partial charge on any atom is -0.337 e. The molecular formula is C7H11N5O2. The van der Waals surface area contributed by atoms with Crippen LogP contribution >= 0.6 is 0 Å². The van der Waals surface area contributed by atoms with Gasteiger partial charge in [0.2, 0.25) is 5.91 Å². The number of imidazole rings is 1. The second kappa shape index (κ2) is 3.46. The van der Waals surface area contributed by atoms with Gasteiger partial charge in [0.1, 0.15) is 6.33 Å². The van der Waals surface area contributed by atoms with Gasteiger partial charge in [0.15, 0.2) is 17.3 Å². The maximum Gasteiger partial charge on any atom is 0.239 e. The van der Waals surface area contributed by atoms with E-state index in [0.29, 0.717) is 0 Å². The first-order valence-electron chi connectivity index (χ1n) is 3.84. The fourth-order valence-electron chi connectivity index (χ4n) is 1.02. The van der Waals surface area contributed by atoms with Crippen LogP contribution in [0, 0.1) is 0 Å². The smallest absolute Gasteiger partial charge is 0.239 e. The number of hydrogen-bond acceptors (Lipinski definition) is 5. The average molecular weight is 197 g/mol. The van der Waals surface area contributed by atoms with Crippen LogP contribution in [0.3, 0.4) is 0 Å². The Balaban J connectivity index is 3.22. The summed E-state index contributed by atoms with van der Waals surface area (Å²) in [6.07, 6.45) is 1.22. The van der Waals surface area contributed by atoms with E-state index in [9.17, 15) is 9.59 Å². The molecule has 14 heavy (non-hydrogen) atoms. The SMILES string of the molecule is CC(=O)c1c(N(N)C(C)=O)ncn1N. The molecule has 0 radical (unpaired) electrons. The van der Waals surface area contributed by atoms with Gasteiger partial charge >= 0.3 is 0 Å². The average Bonchev–Trinajstić information content (AvgIpc) is 2.45. The van der Waals surface area contributed by atoms with Crippen molar-refractivity contribution in [2.75, 3.05) is 10.9 Å². The zero-order chi connectivity index (χ0) is 10.9. The summed E-state index contributed by atoms with van der Waals surface area (Å²) in [5.41, 5.74) is 0.0997. The lowest BCUT2D eigenvalue weighted by atomic mass is 10.3. The van der Waals surface area contributed by atoms with E-state index in [0.717, 1.165) is 9.69 Å². The predicted molar refractivity (Wildman–Crippen MR) is 49.7 cm³/mol. The van der Waals surface area contributed by atoms with E-state index >= 15 is 0 Å². The van der Waals surface area contributed by atoms with Gasteiger partial charge in [0.05, 0.1) is 0 Å². The van der Waals surface area contributed by atoms with Gasteiger partial charge in [-0.2, -0.15) is 0 Å². The van der Waals surface area contributed by atoms with E-state index in [1.165, 1.54) is 20.2 Å². The topological polar surface area (TPSA) is 107 Å². The van der Waals surface area contributed by atoms with Crippen LogP contribution in [0.4, 0.5) is 5.82 Å². The summed E-state index contributed by atoms with van der Waals surface area (Å²) in [5.74, 6) is 10.1. The molecule has 1 rings (SSSR count). The fourth-order valence-corrected chi connectivity index (χ4v) is 1.02. The zero-order valence-corrected chi connectivity index (χ0v) is 7.89. The number of anilines is 1. The molecule has 0 fully saturated rings.